The van der Waals surface area contributed by atoms with Crippen molar-refractivity contribution in [3.05, 3.63) is 0 Å². The molecule has 17 heavy (non-hydrogen) atoms. The third kappa shape index (κ3) is 11.5. The van der Waals surface area contributed by atoms with E-state index in [2.05, 4.69) is 22.5 Å². The minimum Gasteiger partial charge on any atom is -0.383 e. The second-order valence-electron chi connectivity index (χ2n) is 3.74. The molecule has 0 aliphatic rings. The molecule has 0 unspecified atom stereocenters. The molecule has 0 fully saturated rings. The van der Waals surface area contributed by atoms with E-state index in [0.29, 0.717) is 6.61 Å². The Kier molecular flexibility index (Phi) is 12.6. The van der Waals surface area contributed by atoms with Gasteiger partial charge >= 0.3 is 0 Å². The number of rotatable bonds is 10. The first kappa shape index (κ1) is 16.2. The molecule has 0 amide bonds. The van der Waals surface area contributed by atoms with Crippen LogP contribution in [0.4, 0.5) is 0 Å². The van der Waals surface area contributed by atoms with Gasteiger partial charge in [-0.15, -0.1) is 0 Å². The highest BCUT2D eigenvalue weighted by Gasteiger charge is 1.95. The zero-order chi connectivity index (χ0) is 12.8. The molecule has 0 spiro atoms. The van der Waals surface area contributed by atoms with E-state index in [1.54, 1.807) is 14.2 Å². The monoisotopic (exact) mass is 245 g/mol. The highest BCUT2D eigenvalue weighted by atomic mass is 16.5. The number of aliphatic imine (C=N–C) groups is 1. The maximum absolute atomic E-state index is 5.47. The van der Waals surface area contributed by atoms with Gasteiger partial charge in [0.1, 0.15) is 0 Å². The standard InChI is InChI=1S/C12H27N3O2/c1-4-5-9-17-10-6-7-14-12(13-2)15-8-11-16-3/h4-11H2,1-3H3,(H2,13,14,15). The normalized spacial score (nSPS) is 11.6. The minimum atomic E-state index is 0.681. The fraction of sp³-hybridized carbons (Fsp3) is 0.917. The Morgan fingerprint density at radius 3 is 2.41 bits per heavy atom. The van der Waals surface area contributed by atoms with E-state index in [1.165, 1.54) is 6.42 Å². The SMILES string of the molecule is CCCCOCCCNC(=NC)NCCOC. The third-order valence-corrected chi connectivity index (χ3v) is 2.22. The van der Waals surface area contributed by atoms with Gasteiger partial charge in [-0.25, -0.2) is 0 Å². The molecule has 0 atom stereocenters. The molecule has 0 aliphatic carbocycles. The summed E-state index contributed by atoms with van der Waals surface area (Å²) in [5, 5.41) is 6.38. The number of hydrogen-bond donors (Lipinski definition) is 2. The van der Waals surface area contributed by atoms with Gasteiger partial charge in [0.15, 0.2) is 5.96 Å². The zero-order valence-electron chi connectivity index (χ0n) is 11.4. The second kappa shape index (κ2) is 13.3. The molecular weight excluding hydrogens is 218 g/mol. The number of nitrogens with zero attached hydrogens (tertiary/aromatic N) is 1. The van der Waals surface area contributed by atoms with Gasteiger partial charge in [0.25, 0.3) is 0 Å². The Labute approximate surface area is 105 Å². The Morgan fingerprint density at radius 2 is 1.76 bits per heavy atom. The minimum absolute atomic E-state index is 0.681. The van der Waals surface area contributed by atoms with E-state index in [-0.39, 0.29) is 0 Å². The first-order chi connectivity index (χ1) is 8.35. The van der Waals surface area contributed by atoms with E-state index in [9.17, 15) is 0 Å². The van der Waals surface area contributed by atoms with Crippen LogP contribution in [0.5, 0.6) is 0 Å². The van der Waals surface area contributed by atoms with Gasteiger partial charge in [0.2, 0.25) is 0 Å². The highest BCUT2D eigenvalue weighted by molar-refractivity contribution is 5.79. The quantitative estimate of drug-likeness (QED) is 0.342. The highest BCUT2D eigenvalue weighted by Crippen LogP contribution is 1.88. The van der Waals surface area contributed by atoms with Crippen LogP contribution in [0, 0.1) is 0 Å². The molecule has 0 aromatic carbocycles. The predicted molar refractivity (Wildman–Crippen MR) is 71.6 cm³/mol. The van der Waals surface area contributed by atoms with Gasteiger partial charge in [-0.1, -0.05) is 13.3 Å². The summed E-state index contributed by atoms with van der Waals surface area (Å²) in [6, 6.07) is 0. The van der Waals surface area contributed by atoms with E-state index >= 15 is 0 Å². The van der Waals surface area contributed by atoms with E-state index in [1.807, 2.05) is 0 Å². The van der Waals surface area contributed by atoms with Crippen molar-refractivity contribution in [2.24, 2.45) is 4.99 Å². The Balaban J connectivity index is 3.32. The predicted octanol–water partition coefficient (Wildman–Crippen LogP) is 1.00. The molecule has 0 radical (unpaired) electrons. The molecule has 2 N–H and O–H groups in total. The van der Waals surface area contributed by atoms with Crippen molar-refractivity contribution in [2.45, 2.75) is 26.2 Å². The Morgan fingerprint density at radius 1 is 1.06 bits per heavy atom. The number of unbranched alkanes of at least 4 members (excludes halogenated alkanes) is 1. The first-order valence-electron chi connectivity index (χ1n) is 6.36. The molecule has 5 nitrogen and oxygen atoms in total. The summed E-state index contributed by atoms with van der Waals surface area (Å²) < 4.78 is 10.4. The summed E-state index contributed by atoms with van der Waals surface area (Å²) in [5.41, 5.74) is 0. The third-order valence-electron chi connectivity index (χ3n) is 2.22. The lowest BCUT2D eigenvalue weighted by Crippen LogP contribution is -2.39. The summed E-state index contributed by atoms with van der Waals surface area (Å²) in [6.07, 6.45) is 3.33. The van der Waals surface area contributed by atoms with Crippen molar-refractivity contribution in [1.82, 2.24) is 10.6 Å². The summed E-state index contributed by atoms with van der Waals surface area (Å²) in [4.78, 5) is 4.11. The number of guanidine groups is 1. The average molecular weight is 245 g/mol. The maximum Gasteiger partial charge on any atom is 0.191 e. The van der Waals surface area contributed by atoms with Crippen LogP contribution in [-0.2, 0) is 9.47 Å². The smallest absolute Gasteiger partial charge is 0.191 e. The molecule has 0 saturated heterocycles. The van der Waals surface area contributed by atoms with Crippen LogP contribution in [0.3, 0.4) is 0 Å². The average Bonchev–Trinajstić information content (AvgIpc) is 2.35. The van der Waals surface area contributed by atoms with Gasteiger partial charge in [0, 0.05) is 40.5 Å². The lowest BCUT2D eigenvalue weighted by Gasteiger charge is -2.11. The summed E-state index contributed by atoms with van der Waals surface area (Å²) >= 11 is 0. The summed E-state index contributed by atoms with van der Waals surface area (Å²) in [5.74, 6) is 0.815. The fourth-order valence-corrected chi connectivity index (χ4v) is 1.22. The number of methoxy groups -OCH3 is 1. The van der Waals surface area contributed by atoms with Crippen LogP contribution in [0.2, 0.25) is 0 Å². The van der Waals surface area contributed by atoms with Crippen LogP contribution in [0.1, 0.15) is 26.2 Å². The van der Waals surface area contributed by atoms with Crippen LogP contribution in [0.25, 0.3) is 0 Å². The van der Waals surface area contributed by atoms with E-state index in [0.717, 1.165) is 45.1 Å². The van der Waals surface area contributed by atoms with Crippen LogP contribution in [0.15, 0.2) is 4.99 Å². The number of nitrogens with one attached hydrogen (secondary N) is 2. The largest absolute Gasteiger partial charge is 0.383 e. The molecule has 102 valence electrons. The molecule has 0 saturated carbocycles. The van der Waals surface area contributed by atoms with Gasteiger partial charge in [0.05, 0.1) is 6.61 Å². The molecular formula is C12H27N3O2. The molecule has 0 aliphatic heterocycles. The lowest BCUT2D eigenvalue weighted by atomic mass is 10.4. The molecule has 0 aromatic heterocycles. The Bertz CT molecular complexity index is 187. The molecule has 0 bridgehead atoms. The maximum atomic E-state index is 5.47. The van der Waals surface area contributed by atoms with Crippen molar-refractivity contribution in [3.63, 3.8) is 0 Å². The van der Waals surface area contributed by atoms with Crippen molar-refractivity contribution in [1.29, 1.82) is 0 Å². The first-order valence-corrected chi connectivity index (χ1v) is 6.36. The lowest BCUT2D eigenvalue weighted by molar-refractivity contribution is 0.129. The van der Waals surface area contributed by atoms with Gasteiger partial charge in [-0.05, 0) is 12.8 Å². The summed E-state index contributed by atoms with van der Waals surface area (Å²) in [6.45, 7) is 6.17. The van der Waals surface area contributed by atoms with Gasteiger partial charge in [-0.2, -0.15) is 0 Å². The van der Waals surface area contributed by atoms with Crippen LogP contribution in [-0.4, -0.2) is 53.0 Å². The van der Waals surface area contributed by atoms with Crippen molar-refractivity contribution < 1.29 is 9.47 Å². The van der Waals surface area contributed by atoms with E-state index < -0.39 is 0 Å². The van der Waals surface area contributed by atoms with Crippen LogP contribution < -0.4 is 10.6 Å². The molecule has 5 heteroatoms. The van der Waals surface area contributed by atoms with Crippen molar-refractivity contribution in [3.8, 4) is 0 Å². The van der Waals surface area contributed by atoms with Crippen molar-refractivity contribution >= 4 is 5.96 Å². The number of ether oxygens (including phenoxy) is 2. The van der Waals surface area contributed by atoms with Crippen molar-refractivity contribution in [2.75, 3.05) is 47.1 Å². The molecule has 0 aromatic rings. The van der Waals surface area contributed by atoms with Gasteiger partial charge in [-0.3, -0.25) is 4.99 Å². The fourth-order valence-electron chi connectivity index (χ4n) is 1.22. The molecule has 0 rings (SSSR count). The zero-order valence-corrected chi connectivity index (χ0v) is 11.4. The molecule has 0 heterocycles. The second-order valence-corrected chi connectivity index (χ2v) is 3.74. The van der Waals surface area contributed by atoms with Crippen LogP contribution >= 0.6 is 0 Å². The number of hydrogen-bond acceptors (Lipinski definition) is 3. The Hall–Kier alpha value is -0.810. The topological polar surface area (TPSA) is 54.9 Å². The van der Waals surface area contributed by atoms with Gasteiger partial charge < -0.3 is 20.1 Å². The summed E-state index contributed by atoms with van der Waals surface area (Å²) in [7, 11) is 3.45. The van der Waals surface area contributed by atoms with E-state index in [4.69, 9.17) is 9.47 Å².